The van der Waals surface area contributed by atoms with E-state index in [2.05, 4.69) is 11.2 Å². The van der Waals surface area contributed by atoms with Gasteiger partial charge in [-0.15, -0.1) is 0 Å². The standard InChI is InChI=1S/C27H29N3O5/c1-33-15-14-29-18-24(17-28-29)23-12-13-30(27(32)35-19-20-6-4-3-5-7-20)25(16-23)21-8-10-22(11-9-21)26(31)34-2/h3-11,16-18,25H,12-15,19H2,1-2H3/t25-/m0/s1. The van der Waals surface area contributed by atoms with Crippen molar-refractivity contribution in [3.8, 4) is 0 Å². The zero-order valence-electron chi connectivity index (χ0n) is 19.9. The van der Waals surface area contributed by atoms with Gasteiger partial charge < -0.3 is 14.2 Å². The zero-order valence-corrected chi connectivity index (χ0v) is 19.9. The summed E-state index contributed by atoms with van der Waals surface area (Å²) in [4.78, 5) is 26.7. The number of esters is 1. The smallest absolute Gasteiger partial charge is 0.410 e. The number of benzene rings is 2. The Hall–Kier alpha value is -3.91. The molecule has 1 aliphatic heterocycles. The Morgan fingerprint density at radius 3 is 2.54 bits per heavy atom. The molecule has 0 unspecified atom stereocenters. The number of nitrogens with zero attached hydrogens (tertiary/aromatic N) is 3. The van der Waals surface area contributed by atoms with Crippen molar-refractivity contribution < 1.29 is 23.8 Å². The van der Waals surface area contributed by atoms with E-state index in [1.165, 1.54) is 7.11 Å². The van der Waals surface area contributed by atoms with Gasteiger partial charge in [-0.05, 0) is 35.3 Å². The van der Waals surface area contributed by atoms with Crippen molar-refractivity contribution in [2.45, 2.75) is 25.6 Å². The van der Waals surface area contributed by atoms with E-state index >= 15 is 0 Å². The van der Waals surface area contributed by atoms with E-state index in [9.17, 15) is 9.59 Å². The first-order valence-corrected chi connectivity index (χ1v) is 11.5. The minimum absolute atomic E-state index is 0.201. The summed E-state index contributed by atoms with van der Waals surface area (Å²) in [5.74, 6) is -0.404. The number of rotatable bonds is 8. The molecule has 2 aromatic carbocycles. The van der Waals surface area contributed by atoms with E-state index in [-0.39, 0.29) is 18.7 Å². The lowest BCUT2D eigenvalue weighted by Crippen LogP contribution is -2.37. The number of carbonyl (C=O) groups is 2. The van der Waals surface area contributed by atoms with E-state index in [0.29, 0.717) is 31.7 Å². The highest BCUT2D eigenvalue weighted by atomic mass is 16.6. The Labute approximate surface area is 204 Å². The Morgan fingerprint density at radius 1 is 1.06 bits per heavy atom. The second-order valence-electron chi connectivity index (χ2n) is 8.22. The van der Waals surface area contributed by atoms with Crippen molar-refractivity contribution in [2.75, 3.05) is 27.4 Å². The van der Waals surface area contributed by atoms with Crippen LogP contribution in [0.4, 0.5) is 4.79 Å². The second kappa shape index (κ2) is 11.5. The summed E-state index contributed by atoms with van der Waals surface area (Å²) in [5.41, 5.74) is 4.36. The minimum Gasteiger partial charge on any atom is -0.465 e. The quantitative estimate of drug-likeness (QED) is 0.447. The van der Waals surface area contributed by atoms with Gasteiger partial charge in [0.25, 0.3) is 0 Å². The molecule has 4 rings (SSSR count). The summed E-state index contributed by atoms with van der Waals surface area (Å²) in [6.45, 7) is 1.94. The predicted molar refractivity (Wildman–Crippen MR) is 131 cm³/mol. The van der Waals surface area contributed by atoms with Crippen LogP contribution in [-0.2, 0) is 27.4 Å². The molecule has 0 fully saturated rings. The van der Waals surface area contributed by atoms with Crippen LogP contribution in [0.1, 0.15) is 39.5 Å². The van der Waals surface area contributed by atoms with Crippen molar-refractivity contribution >= 4 is 17.6 Å². The van der Waals surface area contributed by atoms with Gasteiger partial charge in [0.2, 0.25) is 0 Å². The van der Waals surface area contributed by atoms with Crippen molar-refractivity contribution in [2.24, 2.45) is 0 Å². The van der Waals surface area contributed by atoms with Crippen LogP contribution in [0.2, 0.25) is 0 Å². The third kappa shape index (κ3) is 5.96. The minimum atomic E-state index is -0.404. The molecule has 8 heteroatoms. The Morgan fingerprint density at radius 2 is 1.83 bits per heavy atom. The Balaban J connectivity index is 1.58. The number of carbonyl (C=O) groups excluding carboxylic acids is 2. The maximum absolute atomic E-state index is 13.1. The number of aromatic nitrogens is 2. The highest BCUT2D eigenvalue weighted by Gasteiger charge is 2.30. The molecule has 1 atom stereocenters. The summed E-state index contributed by atoms with van der Waals surface area (Å²) < 4.78 is 17.4. The summed E-state index contributed by atoms with van der Waals surface area (Å²) in [6.07, 6.45) is 6.18. The predicted octanol–water partition coefficient (Wildman–Crippen LogP) is 4.48. The molecule has 1 aromatic heterocycles. The fraction of sp³-hybridized carbons (Fsp3) is 0.296. The van der Waals surface area contributed by atoms with Crippen LogP contribution in [0.5, 0.6) is 0 Å². The van der Waals surface area contributed by atoms with Crippen LogP contribution >= 0.6 is 0 Å². The van der Waals surface area contributed by atoms with Crippen molar-refractivity contribution in [3.05, 3.63) is 95.3 Å². The maximum atomic E-state index is 13.1. The summed E-state index contributed by atoms with van der Waals surface area (Å²) in [5, 5.41) is 4.42. The third-order valence-electron chi connectivity index (χ3n) is 5.96. The first kappa shape index (κ1) is 24.2. The maximum Gasteiger partial charge on any atom is 0.410 e. The molecule has 0 radical (unpaired) electrons. The lowest BCUT2D eigenvalue weighted by atomic mass is 9.93. The molecule has 1 aliphatic rings. The molecule has 0 bridgehead atoms. The normalized spacial score (nSPS) is 15.4. The van der Waals surface area contributed by atoms with Crippen LogP contribution in [-0.4, -0.2) is 54.1 Å². The molecule has 182 valence electrons. The molecule has 3 aromatic rings. The van der Waals surface area contributed by atoms with Crippen molar-refractivity contribution in [1.82, 2.24) is 14.7 Å². The molecule has 0 spiro atoms. The van der Waals surface area contributed by atoms with Gasteiger partial charge in [-0.2, -0.15) is 5.10 Å². The van der Waals surface area contributed by atoms with Gasteiger partial charge in [0, 0.05) is 25.4 Å². The molecule has 0 saturated carbocycles. The molecule has 2 heterocycles. The van der Waals surface area contributed by atoms with E-state index in [0.717, 1.165) is 22.3 Å². The van der Waals surface area contributed by atoms with Gasteiger partial charge in [0.1, 0.15) is 6.61 Å². The van der Waals surface area contributed by atoms with Gasteiger partial charge in [0.05, 0.1) is 38.1 Å². The Bertz CT molecular complexity index is 1170. The first-order valence-electron chi connectivity index (χ1n) is 11.5. The molecule has 1 amide bonds. The SMILES string of the molecule is COCCn1cc(C2=C[C@@H](c3ccc(C(=O)OC)cc3)N(C(=O)OCc3ccccc3)CC2)cn1. The number of amides is 1. The number of ether oxygens (including phenoxy) is 3. The average Bonchev–Trinajstić information content (AvgIpc) is 3.39. The second-order valence-corrected chi connectivity index (χ2v) is 8.22. The number of hydrogen-bond donors (Lipinski definition) is 0. The van der Waals surface area contributed by atoms with Crippen LogP contribution < -0.4 is 0 Å². The zero-order chi connectivity index (χ0) is 24.6. The molecular weight excluding hydrogens is 446 g/mol. The summed E-state index contributed by atoms with van der Waals surface area (Å²) in [6, 6.07) is 16.3. The molecule has 35 heavy (non-hydrogen) atoms. The van der Waals surface area contributed by atoms with Crippen molar-refractivity contribution in [3.63, 3.8) is 0 Å². The van der Waals surface area contributed by atoms with Crippen LogP contribution in [0, 0.1) is 0 Å². The Kier molecular flexibility index (Phi) is 7.95. The van der Waals surface area contributed by atoms with Gasteiger partial charge in [-0.3, -0.25) is 9.58 Å². The highest BCUT2D eigenvalue weighted by molar-refractivity contribution is 5.89. The third-order valence-corrected chi connectivity index (χ3v) is 5.96. The highest BCUT2D eigenvalue weighted by Crippen LogP contribution is 2.34. The monoisotopic (exact) mass is 475 g/mol. The van der Waals surface area contributed by atoms with Gasteiger partial charge in [-0.25, -0.2) is 9.59 Å². The largest absolute Gasteiger partial charge is 0.465 e. The number of hydrogen-bond acceptors (Lipinski definition) is 6. The van der Waals surface area contributed by atoms with E-state index in [4.69, 9.17) is 14.2 Å². The van der Waals surface area contributed by atoms with Crippen LogP contribution in [0.3, 0.4) is 0 Å². The molecular formula is C27H29N3O5. The fourth-order valence-electron chi connectivity index (χ4n) is 4.04. The summed E-state index contributed by atoms with van der Waals surface area (Å²) in [7, 11) is 3.01. The van der Waals surface area contributed by atoms with Crippen molar-refractivity contribution in [1.29, 1.82) is 0 Å². The van der Waals surface area contributed by atoms with Gasteiger partial charge in [0.15, 0.2) is 0 Å². The average molecular weight is 476 g/mol. The first-order chi connectivity index (χ1) is 17.1. The molecule has 8 nitrogen and oxygen atoms in total. The molecule has 0 saturated heterocycles. The summed E-state index contributed by atoms with van der Waals surface area (Å²) >= 11 is 0. The number of methoxy groups -OCH3 is 2. The van der Waals surface area contributed by atoms with Crippen LogP contribution in [0.25, 0.3) is 5.57 Å². The van der Waals surface area contributed by atoms with Gasteiger partial charge in [-0.1, -0.05) is 48.5 Å². The van der Waals surface area contributed by atoms with Crippen LogP contribution in [0.15, 0.2) is 73.1 Å². The topological polar surface area (TPSA) is 82.9 Å². The van der Waals surface area contributed by atoms with E-state index in [1.807, 2.05) is 59.5 Å². The lowest BCUT2D eigenvalue weighted by Gasteiger charge is -2.34. The van der Waals surface area contributed by atoms with E-state index < -0.39 is 5.97 Å². The molecule has 0 N–H and O–H groups in total. The lowest BCUT2D eigenvalue weighted by molar-refractivity contribution is 0.0600. The van der Waals surface area contributed by atoms with E-state index in [1.54, 1.807) is 24.1 Å². The molecule has 0 aliphatic carbocycles. The fourth-order valence-corrected chi connectivity index (χ4v) is 4.04. The van der Waals surface area contributed by atoms with Gasteiger partial charge >= 0.3 is 12.1 Å².